The molecule has 1 aromatic rings. The second kappa shape index (κ2) is 7.87. The van der Waals surface area contributed by atoms with Crippen LogP contribution < -0.4 is 5.32 Å². The minimum atomic E-state index is -0.114. The molecule has 3 atom stereocenters. The normalized spacial score (nSPS) is 23.9. The minimum absolute atomic E-state index is 0.114. The van der Waals surface area contributed by atoms with E-state index in [0.717, 1.165) is 13.0 Å². The standard InChI is InChI=1S/C15H27N3O3/c1-5-7-16-12-9-19-8-11(12)15-17-14(18-21-15)13(10(3)4)20-6-2/h10-13,16H,5-9H2,1-4H3. The third kappa shape index (κ3) is 4.02. The van der Waals surface area contributed by atoms with Crippen molar-refractivity contribution in [3.05, 3.63) is 11.7 Å². The van der Waals surface area contributed by atoms with Gasteiger partial charge < -0.3 is 19.3 Å². The molecule has 0 aliphatic carbocycles. The van der Waals surface area contributed by atoms with Crippen molar-refractivity contribution in [3.8, 4) is 0 Å². The molecule has 120 valence electrons. The molecule has 1 aliphatic heterocycles. The van der Waals surface area contributed by atoms with Crippen molar-refractivity contribution in [1.82, 2.24) is 15.5 Å². The Labute approximate surface area is 126 Å². The van der Waals surface area contributed by atoms with E-state index in [1.54, 1.807) is 0 Å². The molecule has 1 aliphatic rings. The zero-order chi connectivity index (χ0) is 15.2. The van der Waals surface area contributed by atoms with Crippen LogP contribution in [0.25, 0.3) is 0 Å². The molecule has 1 aromatic heterocycles. The first-order chi connectivity index (χ1) is 10.2. The quantitative estimate of drug-likeness (QED) is 0.794. The average molecular weight is 297 g/mol. The van der Waals surface area contributed by atoms with E-state index in [1.807, 2.05) is 6.92 Å². The van der Waals surface area contributed by atoms with E-state index in [1.165, 1.54) is 0 Å². The summed E-state index contributed by atoms with van der Waals surface area (Å²) in [5.41, 5.74) is 0. The second-order valence-corrected chi connectivity index (χ2v) is 5.82. The lowest BCUT2D eigenvalue weighted by molar-refractivity contribution is 0.0217. The van der Waals surface area contributed by atoms with E-state index in [-0.39, 0.29) is 18.1 Å². The lowest BCUT2D eigenvalue weighted by Crippen LogP contribution is -2.35. The highest BCUT2D eigenvalue weighted by Gasteiger charge is 2.34. The fraction of sp³-hybridized carbons (Fsp3) is 0.867. The van der Waals surface area contributed by atoms with Crippen LogP contribution in [-0.4, -0.2) is 42.5 Å². The van der Waals surface area contributed by atoms with Gasteiger partial charge in [0.05, 0.1) is 19.1 Å². The zero-order valence-corrected chi connectivity index (χ0v) is 13.5. The van der Waals surface area contributed by atoms with Gasteiger partial charge in [-0.1, -0.05) is 25.9 Å². The molecule has 1 saturated heterocycles. The summed E-state index contributed by atoms with van der Waals surface area (Å²) in [5, 5.41) is 7.60. The highest BCUT2D eigenvalue weighted by Crippen LogP contribution is 2.28. The molecule has 0 amide bonds. The number of hydrogen-bond acceptors (Lipinski definition) is 6. The molecule has 0 radical (unpaired) electrons. The van der Waals surface area contributed by atoms with E-state index >= 15 is 0 Å². The molecule has 0 bridgehead atoms. The molecular formula is C15H27N3O3. The number of nitrogens with one attached hydrogen (secondary N) is 1. The molecule has 21 heavy (non-hydrogen) atoms. The van der Waals surface area contributed by atoms with Crippen LogP contribution >= 0.6 is 0 Å². The molecule has 2 heterocycles. The van der Waals surface area contributed by atoms with Gasteiger partial charge in [-0.05, 0) is 25.8 Å². The number of ether oxygens (including phenoxy) is 2. The Balaban J connectivity index is 2.07. The van der Waals surface area contributed by atoms with Crippen molar-refractivity contribution < 1.29 is 14.0 Å². The van der Waals surface area contributed by atoms with Crippen molar-refractivity contribution in [2.75, 3.05) is 26.4 Å². The number of nitrogens with zero attached hydrogens (tertiary/aromatic N) is 2. The minimum Gasteiger partial charge on any atom is -0.379 e. The molecule has 0 spiro atoms. The van der Waals surface area contributed by atoms with Crippen LogP contribution in [-0.2, 0) is 9.47 Å². The molecule has 6 nitrogen and oxygen atoms in total. The lowest BCUT2D eigenvalue weighted by atomic mass is 10.0. The van der Waals surface area contributed by atoms with Crippen LogP contribution in [0.15, 0.2) is 4.52 Å². The van der Waals surface area contributed by atoms with Crippen molar-refractivity contribution in [2.45, 2.75) is 52.2 Å². The van der Waals surface area contributed by atoms with Crippen LogP contribution in [0, 0.1) is 5.92 Å². The van der Waals surface area contributed by atoms with Gasteiger partial charge in [-0.2, -0.15) is 4.98 Å². The summed E-state index contributed by atoms with van der Waals surface area (Å²) in [6.07, 6.45) is 0.981. The SMILES string of the molecule is CCCNC1COCC1c1nc(C(OCC)C(C)C)no1. The van der Waals surface area contributed by atoms with E-state index < -0.39 is 0 Å². The Kier molecular flexibility index (Phi) is 6.14. The predicted octanol–water partition coefficient (Wildman–Crippen LogP) is 2.29. The molecule has 3 unspecified atom stereocenters. The van der Waals surface area contributed by atoms with Gasteiger partial charge in [0.15, 0.2) is 0 Å². The van der Waals surface area contributed by atoms with E-state index in [0.29, 0.717) is 37.5 Å². The van der Waals surface area contributed by atoms with Crippen LogP contribution in [0.5, 0.6) is 0 Å². The Morgan fingerprint density at radius 2 is 2.14 bits per heavy atom. The van der Waals surface area contributed by atoms with Crippen molar-refractivity contribution >= 4 is 0 Å². The maximum absolute atomic E-state index is 5.73. The summed E-state index contributed by atoms with van der Waals surface area (Å²) >= 11 is 0. The Hall–Kier alpha value is -0.980. The Morgan fingerprint density at radius 3 is 2.81 bits per heavy atom. The largest absolute Gasteiger partial charge is 0.379 e. The van der Waals surface area contributed by atoms with Crippen LogP contribution in [0.1, 0.15) is 57.9 Å². The van der Waals surface area contributed by atoms with Gasteiger partial charge in [0.25, 0.3) is 0 Å². The third-order valence-electron chi connectivity index (χ3n) is 3.72. The Bertz CT molecular complexity index is 422. The Morgan fingerprint density at radius 1 is 1.33 bits per heavy atom. The molecular weight excluding hydrogens is 270 g/mol. The number of aromatic nitrogens is 2. The summed E-state index contributed by atoms with van der Waals surface area (Å²) in [5.74, 6) is 1.74. The summed E-state index contributed by atoms with van der Waals surface area (Å²) in [6, 6.07) is 0.253. The monoisotopic (exact) mass is 297 g/mol. The van der Waals surface area contributed by atoms with Crippen LogP contribution in [0.4, 0.5) is 0 Å². The summed E-state index contributed by atoms with van der Waals surface area (Å²) in [7, 11) is 0. The topological polar surface area (TPSA) is 69.4 Å². The number of rotatable bonds is 8. The highest BCUT2D eigenvalue weighted by molar-refractivity contribution is 5.04. The first-order valence-electron chi connectivity index (χ1n) is 7.93. The summed E-state index contributed by atoms with van der Waals surface area (Å²) in [6.45, 7) is 11.3. The zero-order valence-electron chi connectivity index (χ0n) is 13.5. The van der Waals surface area contributed by atoms with E-state index in [9.17, 15) is 0 Å². The maximum Gasteiger partial charge on any atom is 0.233 e. The van der Waals surface area contributed by atoms with Gasteiger partial charge in [-0.25, -0.2) is 0 Å². The second-order valence-electron chi connectivity index (χ2n) is 5.82. The highest BCUT2D eigenvalue weighted by atomic mass is 16.5. The molecule has 1 fully saturated rings. The summed E-state index contributed by atoms with van der Waals surface area (Å²) < 4.78 is 16.8. The van der Waals surface area contributed by atoms with Crippen molar-refractivity contribution in [3.63, 3.8) is 0 Å². The van der Waals surface area contributed by atoms with Gasteiger partial charge in [-0.15, -0.1) is 0 Å². The first-order valence-corrected chi connectivity index (χ1v) is 7.93. The fourth-order valence-electron chi connectivity index (χ4n) is 2.59. The average Bonchev–Trinajstić information content (AvgIpc) is 3.10. The predicted molar refractivity (Wildman–Crippen MR) is 79.1 cm³/mol. The van der Waals surface area contributed by atoms with Crippen LogP contribution in [0.2, 0.25) is 0 Å². The van der Waals surface area contributed by atoms with Crippen molar-refractivity contribution in [2.24, 2.45) is 5.92 Å². The maximum atomic E-state index is 5.73. The van der Waals surface area contributed by atoms with E-state index in [2.05, 4.69) is 36.2 Å². The van der Waals surface area contributed by atoms with Gasteiger partial charge >= 0.3 is 0 Å². The van der Waals surface area contributed by atoms with Crippen LogP contribution in [0.3, 0.4) is 0 Å². The fourth-order valence-corrected chi connectivity index (χ4v) is 2.59. The van der Waals surface area contributed by atoms with E-state index in [4.69, 9.17) is 14.0 Å². The summed E-state index contributed by atoms with van der Waals surface area (Å²) in [4.78, 5) is 4.57. The molecule has 6 heteroatoms. The molecule has 0 saturated carbocycles. The lowest BCUT2D eigenvalue weighted by Gasteiger charge is -2.17. The molecule has 1 N–H and O–H groups in total. The van der Waals surface area contributed by atoms with Crippen molar-refractivity contribution in [1.29, 1.82) is 0 Å². The molecule has 0 aromatic carbocycles. The van der Waals surface area contributed by atoms with Gasteiger partial charge in [0.1, 0.15) is 6.10 Å². The third-order valence-corrected chi connectivity index (χ3v) is 3.72. The first kappa shape index (κ1) is 16.4. The smallest absolute Gasteiger partial charge is 0.233 e. The van der Waals surface area contributed by atoms with Gasteiger partial charge in [-0.3, -0.25) is 0 Å². The van der Waals surface area contributed by atoms with Gasteiger partial charge in [0.2, 0.25) is 11.7 Å². The number of hydrogen-bond donors (Lipinski definition) is 1. The molecule has 2 rings (SSSR count). The van der Waals surface area contributed by atoms with Gasteiger partial charge in [0, 0.05) is 12.6 Å².